The lowest BCUT2D eigenvalue weighted by Gasteiger charge is -2.19. The van der Waals surface area contributed by atoms with E-state index in [-0.39, 0.29) is 0 Å². The minimum atomic E-state index is 0.480. The van der Waals surface area contributed by atoms with Gasteiger partial charge in [-0.3, -0.25) is 0 Å². The van der Waals surface area contributed by atoms with Gasteiger partial charge in [-0.25, -0.2) is 0 Å². The third-order valence-electron chi connectivity index (χ3n) is 3.23. The van der Waals surface area contributed by atoms with Crippen LogP contribution >= 0.6 is 15.9 Å². The van der Waals surface area contributed by atoms with Gasteiger partial charge in [0, 0.05) is 37.9 Å². The molecule has 0 heterocycles. The number of hydrogen-bond donors (Lipinski definition) is 1. The Labute approximate surface area is 131 Å². The summed E-state index contributed by atoms with van der Waals surface area (Å²) in [7, 11) is 1.72. The average Bonchev–Trinajstić information content (AvgIpc) is 2.47. The van der Waals surface area contributed by atoms with Gasteiger partial charge in [-0.2, -0.15) is 0 Å². The van der Waals surface area contributed by atoms with Crippen molar-refractivity contribution in [3.63, 3.8) is 0 Å². The summed E-state index contributed by atoms with van der Waals surface area (Å²) < 4.78 is 11.9. The molecule has 0 bridgehead atoms. The van der Waals surface area contributed by atoms with E-state index in [4.69, 9.17) is 9.47 Å². The lowest BCUT2D eigenvalue weighted by atomic mass is 9.96. The van der Waals surface area contributed by atoms with Crippen molar-refractivity contribution in [1.82, 2.24) is 5.32 Å². The number of nitrogens with one attached hydrogen (secondary N) is 1. The Morgan fingerprint density at radius 2 is 2.00 bits per heavy atom. The molecule has 0 radical (unpaired) electrons. The summed E-state index contributed by atoms with van der Waals surface area (Å²) in [5.41, 5.74) is 1.36. The summed E-state index contributed by atoms with van der Waals surface area (Å²) in [6.07, 6.45) is 1.99. The first-order chi connectivity index (χ1) is 9.79. The number of ether oxygens (including phenoxy) is 2. The minimum absolute atomic E-state index is 0.480. The highest BCUT2D eigenvalue weighted by molar-refractivity contribution is 9.10. The molecular weight excluding hydrogens is 318 g/mol. The van der Waals surface area contributed by atoms with Crippen LogP contribution in [-0.2, 0) is 9.47 Å². The highest BCUT2D eigenvalue weighted by atomic mass is 79.9. The van der Waals surface area contributed by atoms with Crippen molar-refractivity contribution in [2.75, 3.05) is 40.0 Å². The molecule has 1 aromatic rings. The molecule has 0 saturated heterocycles. The second-order valence-corrected chi connectivity index (χ2v) is 5.63. The maximum absolute atomic E-state index is 5.68. The van der Waals surface area contributed by atoms with Crippen molar-refractivity contribution in [3.05, 3.63) is 34.3 Å². The van der Waals surface area contributed by atoms with E-state index in [1.165, 1.54) is 10.0 Å². The van der Waals surface area contributed by atoms with Gasteiger partial charge in [-0.05, 0) is 36.9 Å². The first-order valence-corrected chi connectivity index (χ1v) is 8.10. The Hall–Kier alpha value is -0.420. The molecule has 1 atom stereocenters. The molecular formula is C16H26BrNO2. The lowest BCUT2D eigenvalue weighted by Crippen LogP contribution is -2.22. The van der Waals surface area contributed by atoms with Gasteiger partial charge in [-0.15, -0.1) is 0 Å². The summed E-state index contributed by atoms with van der Waals surface area (Å²) in [5, 5.41) is 3.44. The van der Waals surface area contributed by atoms with Crippen LogP contribution < -0.4 is 5.32 Å². The quantitative estimate of drug-likeness (QED) is 0.623. The standard InChI is InChI=1S/C16H26BrNO2/c1-3-18-13-14(9-12-20-11-6-10-19-2)15-7-4-5-8-16(15)17/h4-5,7-8,14,18H,3,6,9-13H2,1-2H3. The molecule has 1 rings (SSSR count). The molecule has 3 nitrogen and oxygen atoms in total. The Morgan fingerprint density at radius 1 is 1.20 bits per heavy atom. The largest absolute Gasteiger partial charge is 0.385 e. The molecule has 0 aliphatic carbocycles. The summed E-state index contributed by atoms with van der Waals surface area (Å²) in [5.74, 6) is 0.480. The van der Waals surface area contributed by atoms with Gasteiger partial charge in [0.05, 0.1) is 0 Å². The van der Waals surface area contributed by atoms with Crippen LogP contribution in [0.4, 0.5) is 0 Å². The first-order valence-electron chi connectivity index (χ1n) is 7.31. The van der Waals surface area contributed by atoms with Gasteiger partial charge in [0.2, 0.25) is 0 Å². The van der Waals surface area contributed by atoms with E-state index in [2.05, 4.69) is 52.4 Å². The van der Waals surface area contributed by atoms with Crippen molar-refractivity contribution < 1.29 is 9.47 Å². The average molecular weight is 344 g/mol. The lowest BCUT2D eigenvalue weighted by molar-refractivity contribution is 0.0980. The highest BCUT2D eigenvalue weighted by Crippen LogP contribution is 2.26. The van der Waals surface area contributed by atoms with Gasteiger partial charge in [0.25, 0.3) is 0 Å². The molecule has 20 heavy (non-hydrogen) atoms. The Kier molecular flexibility index (Phi) is 9.93. The van der Waals surface area contributed by atoms with E-state index < -0.39 is 0 Å². The number of likely N-dealkylation sites (N-methyl/N-ethyl adjacent to an activating group) is 1. The van der Waals surface area contributed by atoms with Crippen LogP contribution in [0.5, 0.6) is 0 Å². The smallest absolute Gasteiger partial charge is 0.0487 e. The number of benzene rings is 1. The fourth-order valence-electron chi connectivity index (χ4n) is 2.13. The van der Waals surface area contributed by atoms with Crippen molar-refractivity contribution in [1.29, 1.82) is 0 Å². The van der Waals surface area contributed by atoms with Crippen LogP contribution in [0.15, 0.2) is 28.7 Å². The molecule has 4 heteroatoms. The van der Waals surface area contributed by atoms with Crippen LogP contribution in [0, 0.1) is 0 Å². The predicted octanol–water partition coefficient (Wildman–Crippen LogP) is 3.59. The normalized spacial score (nSPS) is 12.6. The maximum Gasteiger partial charge on any atom is 0.0487 e. The van der Waals surface area contributed by atoms with Gasteiger partial charge >= 0.3 is 0 Å². The van der Waals surface area contributed by atoms with Crippen LogP contribution in [-0.4, -0.2) is 40.0 Å². The number of hydrogen-bond acceptors (Lipinski definition) is 3. The molecule has 0 amide bonds. The predicted molar refractivity (Wildman–Crippen MR) is 87.4 cm³/mol. The van der Waals surface area contributed by atoms with Crippen LogP contribution in [0.25, 0.3) is 0 Å². The van der Waals surface area contributed by atoms with E-state index in [1.807, 2.05) is 0 Å². The zero-order valence-electron chi connectivity index (χ0n) is 12.5. The Bertz CT molecular complexity index is 360. The Morgan fingerprint density at radius 3 is 2.70 bits per heavy atom. The monoisotopic (exact) mass is 343 g/mol. The van der Waals surface area contributed by atoms with Crippen molar-refractivity contribution in [2.45, 2.75) is 25.7 Å². The van der Waals surface area contributed by atoms with E-state index >= 15 is 0 Å². The van der Waals surface area contributed by atoms with Gasteiger partial charge in [0.15, 0.2) is 0 Å². The molecule has 0 aliphatic rings. The molecule has 114 valence electrons. The van der Waals surface area contributed by atoms with E-state index in [9.17, 15) is 0 Å². The number of methoxy groups -OCH3 is 1. The molecule has 1 N–H and O–H groups in total. The maximum atomic E-state index is 5.68. The fraction of sp³-hybridized carbons (Fsp3) is 0.625. The van der Waals surface area contributed by atoms with E-state index in [1.54, 1.807) is 7.11 Å². The third kappa shape index (κ3) is 6.84. The molecule has 0 aliphatic heterocycles. The van der Waals surface area contributed by atoms with Crippen LogP contribution in [0.3, 0.4) is 0 Å². The molecule has 0 aromatic heterocycles. The summed E-state index contributed by atoms with van der Waals surface area (Å²) in [6.45, 7) is 6.46. The zero-order valence-corrected chi connectivity index (χ0v) is 14.1. The van der Waals surface area contributed by atoms with Gasteiger partial charge in [-0.1, -0.05) is 41.1 Å². The molecule has 1 aromatic carbocycles. The van der Waals surface area contributed by atoms with Crippen LogP contribution in [0.2, 0.25) is 0 Å². The second kappa shape index (κ2) is 11.3. The summed E-state index contributed by atoms with van der Waals surface area (Å²) in [4.78, 5) is 0. The van der Waals surface area contributed by atoms with E-state index in [0.717, 1.165) is 45.8 Å². The van der Waals surface area contributed by atoms with Gasteiger partial charge in [0.1, 0.15) is 0 Å². The minimum Gasteiger partial charge on any atom is -0.385 e. The zero-order chi connectivity index (χ0) is 14.6. The first kappa shape index (κ1) is 17.6. The molecule has 0 fully saturated rings. The summed E-state index contributed by atoms with van der Waals surface area (Å²) >= 11 is 3.65. The number of halogens is 1. The van der Waals surface area contributed by atoms with Crippen LogP contribution in [0.1, 0.15) is 31.2 Å². The fourth-order valence-corrected chi connectivity index (χ4v) is 2.73. The van der Waals surface area contributed by atoms with E-state index in [0.29, 0.717) is 5.92 Å². The SMILES string of the molecule is CCNCC(CCOCCCOC)c1ccccc1Br. The van der Waals surface area contributed by atoms with Gasteiger partial charge < -0.3 is 14.8 Å². The summed E-state index contributed by atoms with van der Waals surface area (Å²) in [6, 6.07) is 8.45. The Balaban J connectivity index is 2.42. The number of rotatable bonds is 11. The topological polar surface area (TPSA) is 30.5 Å². The molecule has 0 spiro atoms. The third-order valence-corrected chi connectivity index (χ3v) is 3.96. The van der Waals surface area contributed by atoms with Crippen molar-refractivity contribution in [2.24, 2.45) is 0 Å². The second-order valence-electron chi connectivity index (χ2n) is 4.77. The van der Waals surface area contributed by atoms with Crippen molar-refractivity contribution >= 4 is 15.9 Å². The molecule has 0 saturated carbocycles. The van der Waals surface area contributed by atoms with Crippen molar-refractivity contribution in [3.8, 4) is 0 Å². The highest BCUT2D eigenvalue weighted by Gasteiger charge is 2.13. The molecule has 1 unspecified atom stereocenters.